The molecule has 1 aromatic heterocycles. The topological polar surface area (TPSA) is 68.3 Å². The van der Waals surface area contributed by atoms with Gasteiger partial charge in [-0.05, 0) is 31.2 Å². The summed E-state index contributed by atoms with van der Waals surface area (Å²) in [6.45, 7) is 3.24. The van der Waals surface area contributed by atoms with Crippen LogP contribution >= 0.6 is 11.3 Å². The highest BCUT2D eigenvalue weighted by Crippen LogP contribution is 2.27. The molecule has 0 atom stereocenters. The molecule has 0 radical (unpaired) electrons. The average Bonchev–Trinajstić information content (AvgIpc) is 2.86. The van der Waals surface area contributed by atoms with Crippen LogP contribution in [0.15, 0.2) is 24.3 Å². The highest BCUT2D eigenvalue weighted by atomic mass is 32.1. The number of ketones is 1. The maximum atomic E-state index is 12.8. The normalized spacial score (nSPS) is 10.2. The fraction of sp³-hybridized carbons (Fsp3) is 0.214. The molecule has 0 amide bonds. The molecule has 0 spiro atoms. The lowest BCUT2D eigenvalue weighted by Crippen LogP contribution is -2.09. The molecule has 0 fully saturated rings. The Hall–Kier alpha value is -2.28. The average molecular weight is 308 g/mol. The largest absolute Gasteiger partial charge is 0.461 e. The lowest BCUT2D eigenvalue weighted by Gasteiger charge is -2.01. The number of thiazole rings is 1. The molecule has 1 N–H and O–H groups in total. The Morgan fingerprint density at radius 2 is 2.00 bits per heavy atom. The van der Waals surface area contributed by atoms with Crippen molar-refractivity contribution in [2.75, 3.05) is 11.9 Å². The van der Waals surface area contributed by atoms with Gasteiger partial charge in [0.1, 0.15) is 10.7 Å². The molecule has 0 aliphatic rings. The zero-order chi connectivity index (χ0) is 15.4. The fourth-order valence-corrected chi connectivity index (χ4v) is 2.48. The monoisotopic (exact) mass is 308 g/mol. The summed E-state index contributed by atoms with van der Waals surface area (Å²) in [6, 6.07) is 5.67. The van der Waals surface area contributed by atoms with Gasteiger partial charge in [-0.1, -0.05) is 11.3 Å². The number of carbonyl (C=O) groups is 2. The van der Waals surface area contributed by atoms with Crippen LogP contribution in [0.5, 0.6) is 0 Å². The van der Waals surface area contributed by atoms with E-state index in [0.29, 0.717) is 10.8 Å². The lowest BCUT2D eigenvalue weighted by atomic mass is 10.3. The molecule has 1 aromatic carbocycles. The van der Waals surface area contributed by atoms with E-state index in [1.165, 1.54) is 31.2 Å². The maximum Gasteiger partial charge on any atom is 0.358 e. The van der Waals surface area contributed by atoms with Crippen molar-refractivity contribution in [2.24, 2.45) is 0 Å². The summed E-state index contributed by atoms with van der Waals surface area (Å²) >= 11 is 1.05. The van der Waals surface area contributed by atoms with Crippen molar-refractivity contribution in [2.45, 2.75) is 13.8 Å². The Bertz CT molecular complexity index is 667. The second-order valence-corrected chi connectivity index (χ2v) is 5.10. The summed E-state index contributed by atoms with van der Waals surface area (Å²) in [4.78, 5) is 27.7. The van der Waals surface area contributed by atoms with E-state index in [4.69, 9.17) is 4.74 Å². The molecule has 0 aliphatic carbocycles. The third-order valence-electron chi connectivity index (χ3n) is 2.51. The molecule has 5 nitrogen and oxygen atoms in total. The lowest BCUT2D eigenvalue weighted by molar-refractivity contribution is 0.0517. The second kappa shape index (κ2) is 6.45. The van der Waals surface area contributed by atoms with Crippen LogP contribution in [-0.4, -0.2) is 23.3 Å². The smallest absolute Gasteiger partial charge is 0.358 e. The van der Waals surface area contributed by atoms with Crippen LogP contribution < -0.4 is 5.32 Å². The number of Topliss-reactive ketones (excluding diaryl/α,β-unsaturated/α-hetero) is 1. The van der Waals surface area contributed by atoms with Crippen LogP contribution in [-0.2, 0) is 4.74 Å². The SMILES string of the molecule is CCOC(=O)c1nc(Nc2ccc(F)cc2)sc1C(C)=O. The van der Waals surface area contributed by atoms with Gasteiger partial charge in [-0.15, -0.1) is 0 Å². The highest BCUT2D eigenvalue weighted by Gasteiger charge is 2.22. The van der Waals surface area contributed by atoms with Gasteiger partial charge in [0.2, 0.25) is 0 Å². The molecule has 2 aromatic rings. The fourth-order valence-electron chi connectivity index (χ4n) is 1.61. The van der Waals surface area contributed by atoms with E-state index < -0.39 is 5.97 Å². The Morgan fingerprint density at radius 3 is 2.57 bits per heavy atom. The van der Waals surface area contributed by atoms with E-state index in [1.54, 1.807) is 6.92 Å². The first kappa shape index (κ1) is 15.1. The quantitative estimate of drug-likeness (QED) is 0.677. The number of halogens is 1. The number of benzene rings is 1. The molecule has 21 heavy (non-hydrogen) atoms. The maximum absolute atomic E-state index is 12.8. The van der Waals surface area contributed by atoms with E-state index >= 15 is 0 Å². The van der Waals surface area contributed by atoms with Crippen LogP contribution in [0.3, 0.4) is 0 Å². The third kappa shape index (κ3) is 3.63. The first-order chi connectivity index (χ1) is 10.0. The van der Waals surface area contributed by atoms with Crippen molar-refractivity contribution in [3.8, 4) is 0 Å². The number of anilines is 2. The van der Waals surface area contributed by atoms with Crippen molar-refractivity contribution < 1.29 is 18.7 Å². The third-order valence-corrected chi connectivity index (χ3v) is 3.58. The minimum atomic E-state index is -0.633. The first-order valence-electron chi connectivity index (χ1n) is 6.22. The summed E-state index contributed by atoms with van der Waals surface area (Å²) in [5, 5.41) is 3.29. The van der Waals surface area contributed by atoms with Crippen LogP contribution in [0.4, 0.5) is 15.2 Å². The van der Waals surface area contributed by atoms with E-state index in [0.717, 1.165) is 11.3 Å². The number of esters is 1. The summed E-state index contributed by atoms with van der Waals surface area (Å²) in [6.07, 6.45) is 0. The Labute approximate surface area is 124 Å². The zero-order valence-electron chi connectivity index (χ0n) is 11.5. The van der Waals surface area contributed by atoms with Crippen LogP contribution in [0.1, 0.15) is 34.0 Å². The number of nitrogens with one attached hydrogen (secondary N) is 1. The summed E-state index contributed by atoms with van der Waals surface area (Å²) in [7, 11) is 0. The van der Waals surface area contributed by atoms with Crippen molar-refractivity contribution in [3.63, 3.8) is 0 Å². The van der Waals surface area contributed by atoms with Gasteiger partial charge in [0.25, 0.3) is 0 Å². The van der Waals surface area contributed by atoms with Gasteiger partial charge in [-0.2, -0.15) is 0 Å². The van der Waals surface area contributed by atoms with Crippen molar-refractivity contribution >= 4 is 33.9 Å². The Morgan fingerprint density at radius 1 is 1.33 bits per heavy atom. The summed E-state index contributed by atoms with van der Waals surface area (Å²) in [5.41, 5.74) is 0.606. The molecule has 110 valence electrons. The van der Waals surface area contributed by atoms with Gasteiger partial charge in [0.05, 0.1) is 6.61 Å². The minimum Gasteiger partial charge on any atom is -0.461 e. The van der Waals surface area contributed by atoms with Gasteiger partial charge >= 0.3 is 5.97 Å². The predicted molar refractivity (Wildman–Crippen MR) is 77.8 cm³/mol. The zero-order valence-corrected chi connectivity index (χ0v) is 12.3. The molecular formula is C14H13FN2O3S. The molecule has 7 heteroatoms. The minimum absolute atomic E-state index is 0.000961. The van der Waals surface area contributed by atoms with E-state index in [9.17, 15) is 14.0 Å². The van der Waals surface area contributed by atoms with E-state index in [-0.39, 0.29) is 28.8 Å². The molecular weight excluding hydrogens is 295 g/mol. The van der Waals surface area contributed by atoms with Gasteiger partial charge in [0.15, 0.2) is 16.6 Å². The summed E-state index contributed by atoms with van der Waals surface area (Å²) < 4.78 is 17.7. The van der Waals surface area contributed by atoms with Crippen LogP contribution in [0.25, 0.3) is 0 Å². The van der Waals surface area contributed by atoms with E-state index in [1.807, 2.05) is 0 Å². The molecule has 0 saturated carbocycles. The van der Waals surface area contributed by atoms with Crippen molar-refractivity contribution in [3.05, 3.63) is 40.7 Å². The molecule has 1 heterocycles. The Kier molecular flexibility index (Phi) is 4.64. The molecule has 2 rings (SSSR count). The number of nitrogens with zero attached hydrogens (tertiary/aromatic N) is 1. The number of carbonyl (C=O) groups excluding carboxylic acids is 2. The van der Waals surface area contributed by atoms with E-state index in [2.05, 4.69) is 10.3 Å². The molecule has 0 aliphatic heterocycles. The standard InChI is InChI=1S/C14H13FN2O3S/c1-3-20-13(19)11-12(8(2)18)21-14(17-11)16-10-6-4-9(15)5-7-10/h4-7H,3H2,1-2H3,(H,16,17). The Balaban J connectivity index is 2.28. The highest BCUT2D eigenvalue weighted by molar-refractivity contribution is 7.17. The number of ether oxygens (including phenoxy) is 1. The van der Waals surface area contributed by atoms with Crippen LogP contribution in [0.2, 0.25) is 0 Å². The van der Waals surface area contributed by atoms with Gasteiger partial charge in [-0.25, -0.2) is 14.2 Å². The van der Waals surface area contributed by atoms with Gasteiger partial charge in [0, 0.05) is 12.6 Å². The number of hydrogen-bond donors (Lipinski definition) is 1. The number of aromatic nitrogens is 1. The van der Waals surface area contributed by atoms with Gasteiger partial charge in [-0.3, -0.25) is 4.79 Å². The first-order valence-corrected chi connectivity index (χ1v) is 7.04. The number of hydrogen-bond acceptors (Lipinski definition) is 6. The molecule has 0 bridgehead atoms. The summed E-state index contributed by atoms with van der Waals surface area (Å²) in [5.74, 6) is -1.25. The number of rotatable bonds is 5. The van der Waals surface area contributed by atoms with Crippen molar-refractivity contribution in [1.29, 1.82) is 0 Å². The van der Waals surface area contributed by atoms with Crippen molar-refractivity contribution in [1.82, 2.24) is 4.98 Å². The second-order valence-electron chi connectivity index (χ2n) is 4.11. The molecule has 0 saturated heterocycles. The van der Waals surface area contributed by atoms with Gasteiger partial charge < -0.3 is 10.1 Å². The predicted octanol–water partition coefficient (Wildman–Crippen LogP) is 3.41. The van der Waals surface area contributed by atoms with Crippen LogP contribution in [0, 0.1) is 5.82 Å². The molecule has 0 unspecified atom stereocenters.